The van der Waals surface area contributed by atoms with Gasteiger partial charge in [-0.05, 0) is 43.7 Å². The first kappa shape index (κ1) is 21.5. The van der Waals surface area contributed by atoms with E-state index >= 15 is 0 Å². The fourth-order valence-electron chi connectivity index (χ4n) is 3.19. The smallest absolute Gasteiger partial charge is 0.386 e. The van der Waals surface area contributed by atoms with E-state index in [2.05, 4.69) is 4.98 Å². The van der Waals surface area contributed by atoms with Gasteiger partial charge in [0.1, 0.15) is 5.82 Å². The van der Waals surface area contributed by atoms with Crippen molar-refractivity contribution in [1.29, 1.82) is 0 Å². The summed E-state index contributed by atoms with van der Waals surface area (Å²) in [6.07, 6.45) is -3.24. The van der Waals surface area contributed by atoms with E-state index in [4.69, 9.17) is 0 Å². The van der Waals surface area contributed by atoms with E-state index < -0.39 is 27.4 Å². The van der Waals surface area contributed by atoms with Crippen molar-refractivity contribution in [2.75, 3.05) is 31.1 Å². The molecule has 0 spiro atoms. The molecule has 1 N–H and O–H groups in total. The number of piperazine rings is 1. The first-order chi connectivity index (χ1) is 13.4. The van der Waals surface area contributed by atoms with Crippen molar-refractivity contribution in [3.63, 3.8) is 0 Å². The third-order valence-electron chi connectivity index (χ3n) is 4.83. The van der Waals surface area contributed by atoms with Crippen molar-refractivity contribution in [3.8, 4) is 0 Å². The Morgan fingerprint density at radius 3 is 2.10 bits per heavy atom. The van der Waals surface area contributed by atoms with Crippen molar-refractivity contribution in [2.45, 2.75) is 30.5 Å². The molecule has 2 aromatic rings. The minimum Gasteiger partial charge on any atom is -0.386 e. The van der Waals surface area contributed by atoms with Crippen LogP contribution in [0.4, 0.5) is 19.0 Å². The van der Waals surface area contributed by atoms with Crippen LogP contribution >= 0.6 is 0 Å². The molecule has 10 heteroatoms. The van der Waals surface area contributed by atoms with Gasteiger partial charge >= 0.3 is 6.18 Å². The minimum absolute atomic E-state index is 0.0451. The Hall–Kier alpha value is -2.17. The summed E-state index contributed by atoms with van der Waals surface area (Å²) in [4.78, 5) is 5.39. The summed E-state index contributed by atoms with van der Waals surface area (Å²) in [5.74, 6) is -0.188. The van der Waals surface area contributed by atoms with Gasteiger partial charge in [-0.2, -0.15) is 17.5 Å². The SMILES string of the molecule is CC(C)(O)c1ccc(S(=O)(=O)N2CCN(c3ncccc3C(F)(F)F)CC2)cc1. The van der Waals surface area contributed by atoms with Gasteiger partial charge in [0.05, 0.1) is 16.1 Å². The number of hydrogen-bond donors (Lipinski definition) is 1. The van der Waals surface area contributed by atoms with Crippen molar-refractivity contribution in [3.05, 3.63) is 53.7 Å². The van der Waals surface area contributed by atoms with Gasteiger partial charge in [0.25, 0.3) is 0 Å². The van der Waals surface area contributed by atoms with Crippen molar-refractivity contribution < 1.29 is 26.7 Å². The molecule has 1 aliphatic heterocycles. The van der Waals surface area contributed by atoms with Crippen LogP contribution in [-0.2, 0) is 21.8 Å². The van der Waals surface area contributed by atoms with Crippen LogP contribution in [0.15, 0.2) is 47.5 Å². The summed E-state index contributed by atoms with van der Waals surface area (Å²) in [6.45, 7) is 3.49. The van der Waals surface area contributed by atoms with E-state index in [1.165, 1.54) is 33.6 Å². The lowest BCUT2D eigenvalue weighted by Gasteiger charge is -2.35. The van der Waals surface area contributed by atoms with Crippen LogP contribution in [0.5, 0.6) is 0 Å². The Morgan fingerprint density at radius 2 is 1.59 bits per heavy atom. The molecule has 0 radical (unpaired) electrons. The van der Waals surface area contributed by atoms with Gasteiger partial charge in [0.2, 0.25) is 10.0 Å². The Labute approximate surface area is 167 Å². The zero-order valence-corrected chi connectivity index (χ0v) is 16.8. The molecule has 1 fully saturated rings. The number of pyridine rings is 1. The minimum atomic E-state index is -4.53. The predicted octanol–water partition coefficient (Wildman–Crippen LogP) is 2.84. The highest BCUT2D eigenvalue weighted by Gasteiger charge is 2.37. The summed E-state index contributed by atoms with van der Waals surface area (Å²) in [6, 6.07) is 8.14. The van der Waals surface area contributed by atoms with Gasteiger partial charge in [0, 0.05) is 32.4 Å². The number of nitrogens with zero attached hydrogens (tertiary/aromatic N) is 3. The summed E-state index contributed by atoms with van der Waals surface area (Å²) >= 11 is 0. The molecule has 0 bridgehead atoms. The normalized spacial score (nSPS) is 16.8. The molecule has 2 heterocycles. The molecule has 0 amide bonds. The maximum Gasteiger partial charge on any atom is 0.419 e. The van der Waals surface area contributed by atoms with E-state index in [-0.39, 0.29) is 36.9 Å². The Balaban J connectivity index is 1.76. The van der Waals surface area contributed by atoms with E-state index in [0.29, 0.717) is 5.56 Å². The molecule has 1 aliphatic rings. The Bertz CT molecular complexity index is 963. The average molecular weight is 429 g/mol. The molecule has 0 unspecified atom stereocenters. The fourth-order valence-corrected chi connectivity index (χ4v) is 4.62. The van der Waals surface area contributed by atoms with Gasteiger partial charge in [-0.15, -0.1) is 0 Å². The third-order valence-corrected chi connectivity index (χ3v) is 6.74. The van der Waals surface area contributed by atoms with Crippen LogP contribution in [-0.4, -0.2) is 49.0 Å². The summed E-state index contributed by atoms with van der Waals surface area (Å²) in [5.41, 5.74) is -1.35. The first-order valence-electron chi connectivity index (χ1n) is 9.01. The number of aromatic nitrogens is 1. The summed E-state index contributed by atoms with van der Waals surface area (Å²) < 4.78 is 66.6. The number of anilines is 1. The molecule has 29 heavy (non-hydrogen) atoms. The highest BCUT2D eigenvalue weighted by atomic mass is 32.2. The molecule has 0 saturated carbocycles. The number of aliphatic hydroxyl groups is 1. The predicted molar refractivity (Wildman–Crippen MR) is 102 cm³/mol. The largest absolute Gasteiger partial charge is 0.419 e. The Morgan fingerprint density at radius 1 is 1.00 bits per heavy atom. The topological polar surface area (TPSA) is 73.7 Å². The van der Waals surface area contributed by atoms with E-state index in [0.717, 1.165) is 6.07 Å². The van der Waals surface area contributed by atoms with Gasteiger partial charge in [0.15, 0.2) is 0 Å². The highest BCUT2D eigenvalue weighted by molar-refractivity contribution is 7.89. The number of benzene rings is 1. The maximum absolute atomic E-state index is 13.2. The standard InChI is InChI=1S/C19H22F3N3O3S/c1-18(2,26)14-5-7-15(8-6-14)29(27,28)25-12-10-24(11-13-25)17-16(19(20,21)22)4-3-9-23-17/h3-9,26H,10-13H2,1-2H3. The lowest BCUT2D eigenvalue weighted by atomic mass is 9.99. The Kier molecular flexibility index (Phi) is 5.63. The van der Waals surface area contributed by atoms with Crippen LogP contribution in [0, 0.1) is 0 Å². The van der Waals surface area contributed by atoms with Crippen molar-refractivity contribution in [1.82, 2.24) is 9.29 Å². The number of hydrogen-bond acceptors (Lipinski definition) is 5. The zero-order valence-electron chi connectivity index (χ0n) is 16.0. The quantitative estimate of drug-likeness (QED) is 0.809. The second-order valence-corrected chi connectivity index (χ2v) is 9.28. The molecular weight excluding hydrogens is 407 g/mol. The average Bonchev–Trinajstić information content (AvgIpc) is 2.67. The lowest BCUT2D eigenvalue weighted by Crippen LogP contribution is -2.49. The molecule has 6 nitrogen and oxygen atoms in total. The molecule has 158 valence electrons. The van der Waals surface area contributed by atoms with Crippen molar-refractivity contribution >= 4 is 15.8 Å². The second kappa shape index (κ2) is 7.58. The van der Waals surface area contributed by atoms with E-state index in [1.54, 1.807) is 26.0 Å². The summed E-state index contributed by atoms with van der Waals surface area (Å²) in [5, 5.41) is 10.00. The number of alkyl halides is 3. The first-order valence-corrected chi connectivity index (χ1v) is 10.4. The molecule has 1 aromatic heterocycles. The van der Waals surface area contributed by atoms with E-state index in [1.807, 2.05) is 0 Å². The number of halogens is 3. The molecular formula is C19H22F3N3O3S. The van der Waals surface area contributed by atoms with Crippen LogP contribution in [0.3, 0.4) is 0 Å². The third kappa shape index (κ3) is 4.54. The van der Waals surface area contributed by atoms with Gasteiger partial charge in [-0.1, -0.05) is 12.1 Å². The number of sulfonamides is 1. The van der Waals surface area contributed by atoms with Crippen LogP contribution in [0.2, 0.25) is 0 Å². The maximum atomic E-state index is 13.2. The van der Waals surface area contributed by atoms with E-state index in [9.17, 15) is 26.7 Å². The highest BCUT2D eigenvalue weighted by Crippen LogP contribution is 2.35. The van der Waals surface area contributed by atoms with Crippen LogP contribution in [0.1, 0.15) is 25.0 Å². The van der Waals surface area contributed by atoms with Crippen LogP contribution < -0.4 is 4.90 Å². The monoisotopic (exact) mass is 429 g/mol. The van der Waals surface area contributed by atoms with Gasteiger partial charge in [-0.25, -0.2) is 13.4 Å². The van der Waals surface area contributed by atoms with Crippen LogP contribution in [0.25, 0.3) is 0 Å². The van der Waals surface area contributed by atoms with Crippen molar-refractivity contribution in [2.24, 2.45) is 0 Å². The zero-order chi connectivity index (χ0) is 21.4. The van der Waals surface area contributed by atoms with Gasteiger partial charge < -0.3 is 10.0 Å². The molecule has 0 aliphatic carbocycles. The fraction of sp³-hybridized carbons (Fsp3) is 0.421. The molecule has 0 atom stereocenters. The molecule has 1 saturated heterocycles. The molecule has 1 aromatic carbocycles. The molecule has 3 rings (SSSR count). The summed E-state index contributed by atoms with van der Waals surface area (Å²) in [7, 11) is -3.79. The lowest BCUT2D eigenvalue weighted by molar-refractivity contribution is -0.137. The number of rotatable bonds is 4. The van der Waals surface area contributed by atoms with Gasteiger partial charge in [-0.3, -0.25) is 0 Å². The second-order valence-electron chi connectivity index (χ2n) is 7.35.